The van der Waals surface area contributed by atoms with Crippen LogP contribution >= 0.6 is 0 Å². The van der Waals surface area contributed by atoms with Crippen LogP contribution in [0.15, 0.2) is 191 Å². The van der Waals surface area contributed by atoms with E-state index in [1.54, 1.807) is 0 Å². The lowest BCUT2D eigenvalue weighted by molar-refractivity contribution is 0.667. The molecule has 56 heavy (non-hydrogen) atoms. The maximum atomic E-state index is 6.42. The second-order valence-electron chi connectivity index (χ2n) is 13.8. The first-order valence-electron chi connectivity index (χ1n) is 18.5. The van der Waals surface area contributed by atoms with E-state index in [1.165, 1.54) is 0 Å². The SMILES string of the molecule is c1ccc(-c2nc(-c3ccc(-c4cccc(-c5cccc(-c6nc(-c7ccccc7)nc7c6oc6ccccc67)c5)c4)cc3)c3oc4ccccc4c3n2)cc1. The van der Waals surface area contributed by atoms with Crippen molar-refractivity contribution in [1.29, 1.82) is 0 Å². The van der Waals surface area contributed by atoms with Crippen LogP contribution in [-0.2, 0) is 0 Å². The highest BCUT2D eigenvalue weighted by atomic mass is 16.3. The lowest BCUT2D eigenvalue weighted by Gasteiger charge is -2.10. The van der Waals surface area contributed by atoms with E-state index in [9.17, 15) is 0 Å². The summed E-state index contributed by atoms with van der Waals surface area (Å²) in [5.74, 6) is 1.33. The smallest absolute Gasteiger partial charge is 0.180 e. The molecule has 0 unspecified atom stereocenters. The Labute approximate surface area is 321 Å². The number of furan rings is 2. The topological polar surface area (TPSA) is 77.8 Å². The molecule has 262 valence electrons. The van der Waals surface area contributed by atoms with E-state index in [-0.39, 0.29) is 0 Å². The van der Waals surface area contributed by atoms with Crippen molar-refractivity contribution in [3.63, 3.8) is 0 Å². The van der Waals surface area contributed by atoms with E-state index in [0.717, 1.165) is 88.9 Å². The minimum atomic E-state index is 0.662. The Hall–Kier alpha value is -7.70. The predicted molar refractivity (Wildman–Crippen MR) is 225 cm³/mol. The second kappa shape index (κ2) is 13.0. The highest BCUT2D eigenvalue weighted by Crippen LogP contribution is 2.39. The summed E-state index contributed by atoms with van der Waals surface area (Å²) in [4.78, 5) is 20.1. The zero-order valence-corrected chi connectivity index (χ0v) is 29.9. The summed E-state index contributed by atoms with van der Waals surface area (Å²) in [6.07, 6.45) is 0. The number of hydrogen-bond acceptors (Lipinski definition) is 6. The van der Waals surface area contributed by atoms with Crippen LogP contribution in [0, 0.1) is 0 Å². The third-order valence-corrected chi connectivity index (χ3v) is 10.3. The maximum Gasteiger partial charge on any atom is 0.180 e. The number of para-hydroxylation sites is 2. The molecule has 7 aromatic carbocycles. The number of fused-ring (bicyclic) bond motifs is 6. The molecule has 4 aromatic heterocycles. The Morgan fingerprint density at radius 1 is 0.286 bits per heavy atom. The molecule has 0 saturated heterocycles. The lowest BCUT2D eigenvalue weighted by atomic mass is 9.96. The molecule has 0 atom stereocenters. The minimum absolute atomic E-state index is 0.662. The molecular weight excluding hydrogens is 689 g/mol. The third-order valence-electron chi connectivity index (χ3n) is 10.3. The number of hydrogen-bond donors (Lipinski definition) is 0. The molecule has 0 aliphatic heterocycles. The highest BCUT2D eigenvalue weighted by molar-refractivity contribution is 6.08. The van der Waals surface area contributed by atoms with E-state index in [4.69, 9.17) is 28.8 Å². The first-order chi connectivity index (χ1) is 27.7. The van der Waals surface area contributed by atoms with Crippen LogP contribution in [0.25, 0.3) is 112 Å². The van der Waals surface area contributed by atoms with Gasteiger partial charge in [0.25, 0.3) is 0 Å². The molecule has 0 fully saturated rings. The van der Waals surface area contributed by atoms with Gasteiger partial charge in [-0.1, -0.05) is 146 Å². The summed E-state index contributed by atoms with van der Waals surface area (Å²) in [5, 5.41) is 1.94. The fourth-order valence-electron chi connectivity index (χ4n) is 7.55. The summed E-state index contributed by atoms with van der Waals surface area (Å²) >= 11 is 0. The van der Waals surface area contributed by atoms with Gasteiger partial charge in [0.1, 0.15) is 33.6 Å². The molecular formula is C50H30N4O2. The zero-order valence-electron chi connectivity index (χ0n) is 29.9. The summed E-state index contributed by atoms with van der Waals surface area (Å²) < 4.78 is 12.8. The van der Waals surface area contributed by atoms with E-state index < -0.39 is 0 Å². The number of benzene rings is 7. The van der Waals surface area contributed by atoms with Crippen LogP contribution < -0.4 is 0 Å². The number of nitrogens with zero attached hydrogens (tertiary/aromatic N) is 4. The molecule has 0 radical (unpaired) electrons. The van der Waals surface area contributed by atoms with Crippen LogP contribution in [0.3, 0.4) is 0 Å². The van der Waals surface area contributed by atoms with Crippen molar-refractivity contribution in [3.8, 4) is 67.5 Å². The molecule has 11 rings (SSSR count). The van der Waals surface area contributed by atoms with Crippen molar-refractivity contribution >= 4 is 44.1 Å². The molecule has 6 nitrogen and oxygen atoms in total. The zero-order chi connectivity index (χ0) is 37.0. The van der Waals surface area contributed by atoms with Gasteiger partial charge in [-0.3, -0.25) is 0 Å². The Morgan fingerprint density at radius 3 is 1.21 bits per heavy atom. The van der Waals surface area contributed by atoms with Crippen molar-refractivity contribution in [3.05, 3.63) is 182 Å². The molecule has 0 bridgehead atoms. The number of rotatable bonds is 6. The van der Waals surface area contributed by atoms with Crippen molar-refractivity contribution < 1.29 is 8.83 Å². The van der Waals surface area contributed by atoms with E-state index >= 15 is 0 Å². The van der Waals surface area contributed by atoms with Gasteiger partial charge in [0, 0.05) is 33.0 Å². The van der Waals surface area contributed by atoms with Gasteiger partial charge in [-0.15, -0.1) is 0 Å². The van der Waals surface area contributed by atoms with Gasteiger partial charge in [0.05, 0.1) is 0 Å². The maximum absolute atomic E-state index is 6.42. The Balaban J connectivity index is 0.974. The quantitative estimate of drug-likeness (QED) is 0.170. The number of aromatic nitrogens is 4. The van der Waals surface area contributed by atoms with Gasteiger partial charge < -0.3 is 8.83 Å². The summed E-state index contributed by atoms with van der Waals surface area (Å²) in [5.41, 5.74) is 14.3. The molecule has 0 aliphatic rings. The van der Waals surface area contributed by atoms with Gasteiger partial charge in [0.2, 0.25) is 0 Å². The van der Waals surface area contributed by atoms with E-state index in [1.807, 2.05) is 103 Å². The van der Waals surface area contributed by atoms with Gasteiger partial charge in [-0.05, 0) is 58.7 Å². The summed E-state index contributed by atoms with van der Waals surface area (Å²) in [6.45, 7) is 0. The first-order valence-corrected chi connectivity index (χ1v) is 18.5. The van der Waals surface area contributed by atoms with Gasteiger partial charge in [-0.25, -0.2) is 19.9 Å². The molecule has 4 heterocycles. The van der Waals surface area contributed by atoms with Gasteiger partial charge in [0.15, 0.2) is 22.8 Å². The fourth-order valence-corrected chi connectivity index (χ4v) is 7.55. The van der Waals surface area contributed by atoms with E-state index in [2.05, 4.69) is 78.9 Å². The van der Waals surface area contributed by atoms with Crippen molar-refractivity contribution in [2.75, 3.05) is 0 Å². The standard InChI is InChI=1S/C50H30N4O2/c1-3-13-33(14-4-1)49-51-43(47-45(53-49)39-21-7-9-23-41(39)55-47)32-27-25-31(26-28-32)35-17-11-18-36(29-35)37-19-12-20-38(30-37)44-48-46(40-22-8-10-24-42(40)56-48)54-50(52-44)34-15-5-2-6-16-34/h1-30H. The lowest BCUT2D eigenvalue weighted by Crippen LogP contribution is -1.94. The minimum Gasteiger partial charge on any atom is -0.452 e. The summed E-state index contributed by atoms with van der Waals surface area (Å²) in [6, 6.07) is 61.9. The summed E-state index contributed by atoms with van der Waals surface area (Å²) in [7, 11) is 0. The molecule has 0 N–H and O–H groups in total. The third kappa shape index (κ3) is 5.43. The molecule has 0 amide bonds. The normalized spacial score (nSPS) is 11.6. The molecule has 6 heteroatoms. The molecule has 0 aliphatic carbocycles. The van der Waals surface area contributed by atoms with Gasteiger partial charge >= 0.3 is 0 Å². The van der Waals surface area contributed by atoms with Crippen molar-refractivity contribution in [2.24, 2.45) is 0 Å². The Morgan fingerprint density at radius 2 is 0.679 bits per heavy atom. The second-order valence-corrected chi connectivity index (χ2v) is 13.8. The largest absolute Gasteiger partial charge is 0.452 e. The monoisotopic (exact) mass is 718 g/mol. The van der Waals surface area contributed by atoms with E-state index in [0.29, 0.717) is 22.8 Å². The average Bonchev–Trinajstić information content (AvgIpc) is 3.85. The predicted octanol–water partition coefficient (Wildman–Crippen LogP) is 13.1. The molecule has 11 aromatic rings. The van der Waals surface area contributed by atoms with Crippen molar-refractivity contribution in [1.82, 2.24) is 19.9 Å². The van der Waals surface area contributed by atoms with Crippen molar-refractivity contribution in [2.45, 2.75) is 0 Å². The Kier molecular flexibility index (Phi) is 7.38. The van der Waals surface area contributed by atoms with Crippen LogP contribution in [-0.4, -0.2) is 19.9 Å². The fraction of sp³-hybridized carbons (Fsp3) is 0. The average molecular weight is 719 g/mol. The first kappa shape index (κ1) is 31.8. The van der Waals surface area contributed by atoms with Crippen LogP contribution in [0.2, 0.25) is 0 Å². The Bertz CT molecular complexity index is 3240. The van der Waals surface area contributed by atoms with Crippen LogP contribution in [0.1, 0.15) is 0 Å². The van der Waals surface area contributed by atoms with Gasteiger partial charge in [-0.2, -0.15) is 0 Å². The highest BCUT2D eigenvalue weighted by Gasteiger charge is 2.20. The van der Waals surface area contributed by atoms with Crippen LogP contribution in [0.4, 0.5) is 0 Å². The van der Waals surface area contributed by atoms with Crippen LogP contribution in [0.5, 0.6) is 0 Å². The molecule has 0 saturated carbocycles. The molecule has 0 spiro atoms.